The Bertz CT molecular complexity index is 344. The van der Waals surface area contributed by atoms with Crippen molar-refractivity contribution in [2.24, 2.45) is 5.92 Å². The molecule has 1 fully saturated rings. The van der Waals surface area contributed by atoms with E-state index in [1.54, 1.807) is 0 Å². The van der Waals surface area contributed by atoms with Gasteiger partial charge in [0.2, 0.25) is 5.95 Å². The summed E-state index contributed by atoms with van der Waals surface area (Å²) in [4.78, 5) is 13.3. The minimum absolute atomic E-state index is 0.824. The fourth-order valence-corrected chi connectivity index (χ4v) is 2.58. The van der Waals surface area contributed by atoms with Crippen LogP contribution < -0.4 is 4.90 Å². The Kier molecular flexibility index (Phi) is 4.55. The lowest BCUT2D eigenvalue weighted by atomic mass is 9.97. The van der Waals surface area contributed by atoms with E-state index >= 15 is 0 Å². The SMILES string of the molecule is CN(C)CC1CCN(c2ncc(I)cn2)CC1. The molecule has 0 amide bonds. The standard InChI is InChI=1S/C12H19IN4/c1-16(2)9-10-3-5-17(6-4-10)12-14-7-11(13)8-15-12/h7-8,10H,3-6,9H2,1-2H3. The molecular weight excluding hydrogens is 327 g/mol. The van der Waals surface area contributed by atoms with E-state index in [1.165, 1.54) is 19.4 Å². The number of hydrogen-bond acceptors (Lipinski definition) is 4. The molecule has 1 aromatic rings. The highest BCUT2D eigenvalue weighted by Gasteiger charge is 2.21. The molecule has 1 aromatic heterocycles. The number of nitrogens with zero attached hydrogens (tertiary/aromatic N) is 4. The molecule has 0 atom stereocenters. The van der Waals surface area contributed by atoms with Crippen molar-refractivity contribution >= 4 is 28.5 Å². The molecule has 0 N–H and O–H groups in total. The largest absolute Gasteiger partial charge is 0.341 e. The fourth-order valence-electron chi connectivity index (χ4n) is 2.30. The molecule has 0 unspecified atom stereocenters. The Morgan fingerprint density at radius 3 is 2.41 bits per heavy atom. The first-order valence-electron chi connectivity index (χ1n) is 6.02. The molecule has 0 radical (unpaired) electrons. The zero-order chi connectivity index (χ0) is 12.3. The van der Waals surface area contributed by atoms with Gasteiger partial charge in [-0.1, -0.05) is 0 Å². The molecule has 2 rings (SSSR count). The van der Waals surface area contributed by atoms with Gasteiger partial charge in [0.25, 0.3) is 0 Å². The minimum Gasteiger partial charge on any atom is -0.341 e. The molecule has 1 aliphatic heterocycles. The third kappa shape index (κ3) is 3.77. The number of aromatic nitrogens is 2. The van der Waals surface area contributed by atoms with Crippen LogP contribution in [0.3, 0.4) is 0 Å². The Morgan fingerprint density at radius 1 is 1.29 bits per heavy atom. The van der Waals surface area contributed by atoms with Gasteiger partial charge >= 0.3 is 0 Å². The van der Waals surface area contributed by atoms with Crippen LogP contribution >= 0.6 is 22.6 Å². The molecule has 0 saturated carbocycles. The molecule has 94 valence electrons. The maximum atomic E-state index is 4.38. The Morgan fingerprint density at radius 2 is 1.88 bits per heavy atom. The lowest BCUT2D eigenvalue weighted by Crippen LogP contribution is -2.37. The third-order valence-corrected chi connectivity index (χ3v) is 3.68. The van der Waals surface area contributed by atoms with Crippen molar-refractivity contribution in [3.63, 3.8) is 0 Å². The van der Waals surface area contributed by atoms with E-state index in [-0.39, 0.29) is 0 Å². The second-order valence-corrected chi connectivity index (χ2v) is 6.14. The van der Waals surface area contributed by atoms with Crippen LogP contribution in [0.4, 0.5) is 5.95 Å². The molecule has 4 nitrogen and oxygen atoms in total. The van der Waals surface area contributed by atoms with Crippen molar-refractivity contribution in [2.45, 2.75) is 12.8 Å². The van der Waals surface area contributed by atoms with Crippen LogP contribution in [0.15, 0.2) is 12.4 Å². The first-order chi connectivity index (χ1) is 8.15. The number of rotatable bonds is 3. The Labute approximate surface area is 117 Å². The van der Waals surface area contributed by atoms with Crippen molar-refractivity contribution in [1.82, 2.24) is 14.9 Å². The molecule has 1 saturated heterocycles. The van der Waals surface area contributed by atoms with Gasteiger partial charge < -0.3 is 9.80 Å². The van der Waals surface area contributed by atoms with Gasteiger partial charge in [0, 0.05) is 35.6 Å². The Balaban J connectivity index is 1.88. The van der Waals surface area contributed by atoms with E-state index in [9.17, 15) is 0 Å². The number of piperidine rings is 1. The van der Waals surface area contributed by atoms with Gasteiger partial charge in [-0.05, 0) is 55.4 Å². The van der Waals surface area contributed by atoms with Crippen molar-refractivity contribution in [3.8, 4) is 0 Å². The summed E-state index contributed by atoms with van der Waals surface area (Å²) in [5.74, 6) is 1.71. The summed E-state index contributed by atoms with van der Waals surface area (Å²) in [5.41, 5.74) is 0. The molecule has 0 aromatic carbocycles. The van der Waals surface area contributed by atoms with Gasteiger partial charge in [-0.15, -0.1) is 0 Å². The molecule has 5 heteroatoms. The molecule has 0 aliphatic carbocycles. The molecule has 17 heavy (non-hydrogen) atoms. The first-order valence-corrected chi connectivity index (χ1v) is 7.10. The van der Waals surface area contributed by atoms with Gasteiger partial charge in [0.05, 0.1) is 0 Å². The van der Waals surface area contributed by atoms with E-state index in [1.807, 2.05) is 12.4 Å². The molecule has 0 spiro atoms. The van der Waals surface area contributed by atoms with E-state index in [4.69, 9.17) is 0 Å². The van der Waals surface area contributed by atoms with E-state index in [0.29, 0.717) is 0 Å². The normalized spacial score (nSPS) is 17.8. The third-order valence-electron chi connectivity index (χ3n) is 3.13. The molecule has 2 heterocycles. The highest BCUT2D eigenvalue weighted by atomic mass is 127. The van der Waals surface area contributed by atoms with Gasteiger partial charge in [-0.3, -0.25) is 0 Å². The molecule has 1 aliphatic rings. The predicted octanol–water partition coefficient (Wildman–Crippen LogP) is 1.86. The first kappa shape index (κ1) is 13.0. The summed E-state index contributed by atoms with van der Waals surface area (Å²) in [7, 11) is 4.29. The van der Waals surface area contributed by atoms with Crippen LogP contribution in [0.25, 0.3) is 0 Å². The second kappa shape index (κ2) is 5.95. The average molecular weight is 346 g/mol. The van der Waals surface area contributed by atoms with E-state index in [0.717, 1.165) is 28.5 Å². The summed E-state index contributed by atoms with van der Waals surface area (Å²) in [6.45, 7) is 3.36. The van der Waals surface area contributed by atoms with Crippen molar-refractivity contribution in [3.05, 3.63) is 16.0 Å². The number of halogens is 1. The number of hydrogen-bond donors (Lipinski definition) is 0. The van der Waals surface area contributed by atoms with Crippen LogP contribution in [-0.2, 0) is 0 Å². The molecule has 0 bridgehead atoms. The van der Waals surface area contributed by atoms with Crippen LogP contribution in [0.1, 0.15) is 12.8 Å². The monoisotopic (exact) mass is 346 g/mol. The van der Waals surface area contributed by atoms with Crippen molar-refractivity contribution in [2.75, 3.05) is 38.6 Å². The summed E-state index contributed by atoms with van der Waals surface area (Å²) in [5, 5.41) is 0. The van der Waals surface area contributed by atoms with Gasteiger partial charge in [-0.2, -0.15) is 0 Å². The predicted molar refractivity (Wildman–Crippen MR) is 78.2 cm³/mol. The van der Waals surface area contributed by atoms with Gasteiger partial charge in [0.15, 0.2) is 0 Å². The lowest BCUT2D eigenvalue weighted by molar-refractivity contribution is 0.284. The highest BCUT2D eigenvalue weighted by Crippen LogP contribution is 2.20. The maximum absolute atomic E-state index is 4.38. The molecular formula is C12H19IN4. The van der Waals surface area contributed by atoms with Gasteiger partial charge in [0.1, 0.15) is 0 Å². The topological polar surface area (TPSA) is 32.3 Å². The van der Waals surface area contributed by atoms with Crippen LogP contribution in [0.2, 0.25) is 0 Å². The van der Waals surface area contributed by atoms with Crippen LogP contribution in [0, 0.1) is 9.49 Å². The van der Waals surface area contributed by atoms with Crippen LogP contribution in [-0.4, -0.2) is 48.6 Å². The summed E-state index contributed by atoms with van der Waals surface area (Å²) in [6, 6.07) is 0. The summed E-state index contributed by atoms with van der Waals surface area (Å²) < 4.78 is 1.09. The lowest BCUT2D eigenvalue weighted by Gasteiger charge is -2.33. The fraction of sp³-hybridized carbons (Fsp3) is 0.667. The number of anilines is 1. The Hall–Kier alpha value is -0.430. The quantitative estimate of drug-likeness (QED) is 0.782. The smallest absolute Gasteiger partial charge is 0.225 e. The second-order valence-electron chi connectivity index (χ2n) is 4.89. The zero-order valence-electron chi connectivity index (χ0n) is 10.4. The van der Waals surface area contributed by atoms with E-state index < -0.39 is 0 Å². The zero-order valence-corrected chi connectivity index (χ0v) is 12.6. The highest BCUT2D eigenvalue weighted by molar-refractivity contribution is 14.1. The average Bonchev–Trinajstić information content (AvgIpc) is 2.30. The summed E-state index contributed by atoms with van der Waals surface area (Å²) in [6.07, 6.45) is 6.25. The van der Waals surface area contributed by atoms with Gasteiger partial charge in [-0.25, -0.2) is 9.97 Å². The van der Waals surface area contributed by atoms with Crippen molar-refractivity contribution in [1.29, 1.82) is 0 Å². The summed E-state index contributed by atoms with van der Waals surface area (Å²) >= 11 is 2.23. The van der Waals surface area contributed by atoms with Crippen molar-refractivity contribution < 1.29 is 0 Å². The minimum atomic E-state index is 0.824. The van der Waals surface area contributed by atoms with E-state index in [2.05, 4.69) is 56.5 Å². The van der Waals surface area contributed by atoms with Crippen LogP contribution in [0.5, 0.6) is 0 Å². The maximum Gasteiger partial charge on any atom is 0.225 e.